The van der Waals surface area contributed by atoms with E-state index in [1.54, 1.807) is 23.9 Å². The minimum atomic E-state index is -4.10. The van der Waals surface area contributed by atoms with Gasteiger partial charge in [0.15, 0.2) is 0 Å². The van der Waals surface area contributed by atoms with Gasteiger partial charge in [0, 0.05) is 29.6 Å². The molecule has 2 rings (SSSR count). The van der Waals surface area contributed by atoms with Gasteiger partial charge in [-0.05, 0) is 49.1 Å². The van der Waals surface area contributed by atoms with Gasteiger partial charge >= 0.3 is 0 Å². The number of rotatable bonds is 8. The predicted molar refractivity (Wildman–Crippen MR) is 97.6 cm³/mol. The van der Waals surface area contributed by atoms with Crippen LogP contribution in [0, 0.1) is 11.6 Å². The van der Waals surface area contributed by atoms with Crippen LogP contribution in [0.2, 0.25) is 0 Å². The van der Waals surface area contributed by atoms with Crippen LogP contribution in [0.25, 0.3) is 0 Å². The molecule has 0 radical (unpaired) electrons. The molecule has 1 amide bonds. The van der Waals surface area contributed by atoms with Crippen molar-refractivity contribution in [2.45, 2.75) is 22.6 Å². The molecule has 0 spiro atoms. The number of nitrogens with one attached hydrogen (secondary N) is 2. The highest BCUT2D eigenvalue weighted by Gasteiger charge is 2.19. The predicted octanol–water partition coefficient (Wildman–Crippen LogP) is 3.38. The summed E-state index contributed by atoms with van der Waals surface area (Å²) in [6, 6.07) is 9.56. The van der Waals surface area contributed by atoms with E-state index in [4.69, 9.17) is 0 Å². The van der Waals surface area contributed by atoms with E-state index in [1.807, 2.05) is 18.4 Å². The molecular formula is C17H18F2N2O3S2. The van der Waals surface area contributed by atoms with Crippen LogP contribution >= 0.6 is 11.8 Å². The molecular weight excluding hydrogens is 382 g/mol. The summed E-state index contributed by atoms with van der Waals surface area (Å²) in [5.41, 5.74) is 0.654. The number of anilines is 1. The second kappa shape index (κ2) is 9.11. The van der Waals surface area contributed by atoms with Crippen molar-refractivity contribution in [2.75, 3.05) is 18.1 Å². The van der Waals surface area contributed by atoms with Crippen LogP contribution in [-0.2, 0) is 14.8 Å². The van der Waals surface area contributed by atoms with Crippen molar-refractivity contribution in [3.05, 3.63) is 54.1 Å². The first-order valence-corrected chi connectivity index (χ1v) is 10.4. The highest BCUT2D eigenvalue weighted by Crippen LogP contribution is 2.18. The van der Waals surface area contributed by atoms with Gasteiger partial charge in [0.05, 0.1) is 0 Å². The maximum Gasteiger partial charge on any atom is 0.243 e. The third-order valence-corrected chi connectivity index (χ3v) is 5.67. The lowest BCUT2D eigenvalue weighted by Gasteiger charge is -2.08. The van der Waals surface area contributed by atoms with E-state index in [-0.39, 0.29) is 25.3 Å². The van der Waals surface area contributed by atoms with Crippen LogP contribution in [0.5, 0.6) is 0 Å². The van der Waals surface area contributed by atoms with Gasteiger partial charge < -0.3 is 5.32 Å². The number of halogens is 2. The summed E-state index contributed by atoms with van der Waals surface area (Å²) in [7, 11) is -4.10. The largest absolute Gasteiger partial charge is 0.326 e. The fourth-order valence-electron chi connectivity index (χ4n) is 2.12. The van der Waals surface area contributed by atoms with Gasteiger partial charge in [-0.25, -0.2) is 21.9 Å². The van der Waals surface area contributed by atoms with Gasteiger partial charge in [0.2, 0.25) is 15.9 Å². The Morgan fingerprint density at radius 1 is 1.12 bits per heavy atom. The van der Waals surface area contributed by atoms with Crippen molar-refractivity contribution in [1.82, 2.24) is 4.72 Å². The van der Waals surface area contributed by atoms with Crippen LogP contribution < -0.4 is 10.0 Å². The fraction of sp³-hybridized carbons (Fsp3) is 0.235. The van der Waals surface area contributed by atoms with E-state index in [0.717, 1.165) is 17.0 Å². The maximum absolute atomic E-state index is 13.6. The Bertz CT molecular complexity index is 872. The molecule has 2 aromatic rings. The fourth-order valence-corrected chi connectivity index (χ4v) is 3.66. The number of hydrogen-bond donors (Lipinski definition) is 2. The van der Waals surface area contributed by atoms with Gasteiger partial charge in [0.25, 0.3) is 0 Å². The first-order valence-electron chi connectivity index (χ1n) is 7.70. The highest BCUT2D eigenvalue weighted by atomic mass is 32.2. The third kappa shape index (κ3) is 5.79. The summed E-state index contributed by atoms with van der Waals surface area (Å²) in [5.74, 6) is -2.28. The molecule has 9 heteroatoms. The van der Waals surface area contributed by atoms with Crippen molar-refractivity contribution in [3.8, 4) is 0 Å². The Kier molecular flexibility index (Phi) is 7.13. The molecule has 2 aromatic carbocycles. The van der Waals surface area contributed by atoms with Crippen LogP contribution in [0.1, 0.15) is 12.8 Å². The van der Waals surface area contributed by atoms with Crippen LogP contribution in [0.15, 0.2) is 52.3 Å². The van der Waals surface area contributed by atoms with Gasteiger partial charge in [0.1, 0.15) is 16.5 Å². The van der Waals surface area contributed by atoms with E-state index in [0.29, 0.717) is 11.8 Å². The molecule has 0 atom stereocenters. The highest BCUT2D eigenvalue weighted by molar-refractivity contribution is 7.98. The van der Waals surface area contributed by atoms with Crippen LogP contribution in [0.3, 0.4) is 0 Å². The summed E-state index contributed by atoms with van der Waals surface area (Å²) in [6.45, 7) is -0.0437. The Morgan fingerprint density at radius 2 is 1.81 bits per heavy atom. The van der Waals surface area contributed by atoms with Gasteiger partial charge in [-0.2, -0.15) is 0 Å². The summed E-state index contributed by atoms with van der Waals surface area (Å²) in [5, 5.41) is 2.71. The lowest BCUT2D eigenvalue weighted by molar-refractivity contribution is -0.116. The molecule has 0 saturated carbocycles. The average Bonchev–Trinajstić information content (AvgIpc) is 2.59. The minimum Gasteiger partial charge on any atom is -0.326 e. The number of carbonyl (C=O) groups excluding carboxylic acids is 1. The molecule has 0 aliphatic heterocycles. The molecule has 0 bridgehead atoms. The normalized spacial score (nSPS) is 11.3. The lowest BCUT2D eigenvalue weighted by atomic mass is 10.2. The summed E-state index contributed by atoms with van der Waals surface area (Å²) < 4.78 is 52.6. The molecule has 0 unspecified atom stereocenters. The smallest absolute Gasteiger partial charge is 0.243 e. The first kappa shape index (κ1) is 20.3. The van der Waals surface area contributed by atoms with Crippen molar-refractivity contribution in [1.29, 1.82) is 0 Å². The van der Waals surface area contributed by atoms with Crippen molar-refractivity contribution in [2.24, 2.45) is 0 Å². The molecule has 140 valence electrons. The maximum atomic E-state index is 13.6. The van der Waals surface area contributed by atoms with Gasteiger partial charge in [-0.15, -0.1) is 11.8 Å². The van der Waals surface area contributed by atoms with E-state index >= 15 is 0 Å². The second-order valence-corrected chi connectivity index (χ2v) is 7.97. The molecule has 0 heterocycles. The van der Waals surface area contributed by atoms with E-state index in [2.05, 4.69) is 10.0 Å². The third-order valence-electron chi connectivity index (χ3n) is 3.43. The zero-order chi connectivity index (χ0) is 19.2. The molecule has 0 aliphatic rings. The zero-order valence-corrected chi connectivity index (χ0v) is 15.6. The molecule has 2 N–H and O–H groups in total. The zero-order valence-electron chi connectivity index (χ0n) is 14.0. The Balaban J connectivity index is 1.80. The Morgan fingerprint density at radius 3 is 2.42 bits per heavy atom. The molecule has 0 saturated heterocycles. The molecule has 0 fully saturated rings. The van der Waals surface area contributed by atoms with E-state index in [1.165, 1.54) is 0 Å². The molecule has 5 nitrogen and oxygen atoms in total. The number of amides is 1. The SMILES string of the molecule is CSc1ccc(NC(=O)CCCNS(=O)(=O)c2ccc(F)cc2F)cc1. The summed E-state index contributed by atoms with van der Waals surface area (Å²) in [6.07, 6.45) is 2.28. The molecule has 26 heavy (non-hydrogen) atoms. The van der Waals surface area contributed by atoms with Gasteiger partial charge in [-0.3, -0.25) is 4.79 Å². The Hall–Kier alpha value is -1.97. The van der Waals surface area contributed by atoms with Crippen molar-refractivity contribution < 1.29 is 22.0 Å². The van der Waals surface area contributed by atoms with E-state index in [9.17, 15) is 22.0 Å². The minimum absolute atomic E-state index is 0.0437. The quantitative estimate of drug-likeness (QED) is 0.526. The summed E-state index contributed by atoms with van der Waals surface area (Å²) >= 11 is 1.59. The lowest BCUT2D eigenvalue weighted by Crippen LogP contribution is -2.26. The van der Waals surface area contributed by atoms with Crippen molar-refractivity contribution in [3.63, 3.8) is 0 Å². The van der Waals surface area contributed by atoms with E-state index < -0.39 is 26.6 Å². The van der Waals surface area contributed by atoms with Crippen LogP contribution in [-0.4, -0.2) is 27.1 Å². The van der Waals surface area contributed by atoms with Gasteiger partial charge in [-0.1, -0.05) is 0 Å². The number of sulfonamides is 1. The molecule has 0 aromatic heterocycles. The summed E-state index contributed by atoms with van der Waals surface area (Å²) in [4.78, 5) is 12.3. The van der Waals surface area contributed by atoms with Crippen LogP contribution in [0.4, 0.5) is 14.5 Å². The number of thioether (sulfide) groups is 1. The second-order valence-electron chi connectivity index (χ2n) is 5.35. The monoisotopic (exact) mass is 400 g/mol. The Labute approximate surface area is 155 Å². The standard InChI is InChI=1S/C17H18F2N2O3S2/c1-25-14-7-5-13(6-8-14)21-17(22)3-2-10-20-26(23,24)16-9-4-12(18)11-15(16)19/h4-9,11,20H,2-3,10H2,1H3,(H,21,22). The first-order chi connectivity index (χ1) is 12.3. The molecule has 0 aliphatic carbocycles. The number of carbonyl (C=O) groups is 1. The van der Waals surface area contributed by atoms with Crippen molar-refractivity contribution >= 4 is 33.4 Å². The number of hydrogen-bond acceptors (Lipinski definition) is 4. The topological polar surface area (TPSA) is 75.3 Å². The average molecular weight is 400 g/mol. The number of benzene rings is 2.